The summed E-state index contributed by atoms with van der Waals surface area (Å²) in [6.07, 6.45) is 9.07. The fraction of sp³-hybridized carbons (Fsp3) is 0. The molecule has 4 heteroatoms. The van der Waals surface area contributed by atoms with Crippen molar-refractivity contribution >= 4 is 29.0 Å². The number of nitrogens with one attached hydrogen (secondary N) is 1. The molecule has 0 bridgehead atoms. The van der Waals surface area contributed by atoms with E-state index in [2.05, 4.69) is 20.5 Å². The molecule has 3 aromatic rings. The Morgan fingerprint density at radius 1 is 0.762 bits per heavy atom. The van der Waals surface area contributed by atoms with Crippen LogP contribution in [0.15, 0.2) is 72.1 Å². The first kappa shape index (κ1) is 13.0. The highest BCUT2D eigenvalue weighted by Crippen LogP contribution is 2.17. The van der Waals surface area contributed by atoms with Crippen LogP contribution in [-0.2, 0) is 0 Å². The summed E-state index contributed by atoms with van der Waals surface area (Å²) in [6, 6.07) is 15.9. The number of fused-ring (bicyclic) bond motifs is 2. The summed E-state index contributed by atoms with van der Waals surface area (Å²) >= 11 is 0. The van der Waals surface area contributed by atoms with Gasteiger partial charge in [-0.1, -0.05) is 36.4 Å². The summed E-state index contributed by atoms with van der Waals surface area (Å²) < 4.78 is 0. The third kappa shape index (κ3) is 3.30. The third-order valence-electron chi connectivity index (χ3n) is 2.96. The molecule has 0 amide bonds. The number of allylic oxidation sites excluding steroid dienone is 1. The molecular weight excluding hydrogens is 260 g/mol. The van der Waals surface area contributed by atoms with Crippen LogP contribution in [0.3, 0.4) is 0 Å². The molecular formula is C17H14N4. The molecule has 0 atom stereocenters. The van der Waals surface area contributed by atoms with E-state index in [0.29, 0.717) is 0 Å². The lowest BCUT2D eigenvalue weighted by Gasteiger charge is -2.00. The highest BCUT2D eigenvalue weighted by molar-refractivity contribution is 5.83. The van der Waals surface area contributed by atoms with Crippen LogP contribution in [-0.4, -0.2) is 16.2 Å². The maximum Gasteiger partial charge on any atom is 0.0886 e. The van der Waals surface area contributed by atoms with Crippen LogP contribution >= 0.6 is 0 Å². The van der Waals surface area contributed by atoms with Crippen molar-refractivity contribution in [2.45, 2.75) is 0 Å². The average Bonchev–Trinajstić information content (AvgIpc) is 2.81. The minimum Gasteiger partial charge on any atom is -0.278 e. The van der Waals surface area contributed by atoms with Crippen LogP contribution in [0.4, 0.5) is 5.69 Å². The third-order valence-corrected chi connectivity index (χ3v) is 2.96. The van der Waals surface area contributed by atoms with E-state index >= 15 is 0 Å². The van der Waals surface area contributed by atoms with Crippen molar-refractivity contribution in [3.63, 3.8) is 0 Å². The van der Waals surface area contributed by atoms with Gasteiger partial charge in [0.25, 0.3) is 0 Å². The largest absolute Gasteiger partial charge is 0.278 e. The zero-order valence-corrected chi connectivity index (χ0v) is 11.3. The summed E-state index contributed by atoms with van der Waals surface area (Å²) in [5.41, 5.74) is 7.05. The lowest BCUT2D eigenvalue weighted by atomic mass is 10.2. The number of hydrogen-bond donors (Lipinski definition) is 1. The SMILES string of the molecule is C1=Cc2ccccc2NN=C1.c1ccc2nccnc2c1. The van der Waals surface area contributed by atoms with Gasteiger partial charge in [0.15, 0.2) is 0 Å². The number of nitrogens with zero attached hydrogens (tertiary/aromatic N) is 3. The van der Waals surface area contributed by atoms with Crippen LogP contribution in [0.2, 0.25) is 0 Å². The number of hydrogen-bond acceptors (Lipinski definition) is 4. The van der Waals surface area contributed by atoms with E-state index < -0.39 is 0 Å². The Kier molecular flexibility index (Phi) is 3.98. The Morgan fingerprint density at radius 3 is 2.19 bits per heavy atom. The molecule has 0 saturated heterocycles. The zero-order valence-electron chi connectivity index (χ0n) is 11.3. The van der Waals surface area contributed by atoms with Gasteiger partial charge in [0.1, 0.15) is 0 Å². The first-order valence-electron chi connectivity index (χ1n) is 6.64. The molecule has 21 heavy (non-hydrogen) atoms. The molecule has 1 aromatic heterocycles. The lowest BCUT2D eigenvalue weighted by molar-refractivity contribution is 1.29. The molecule has 0 spiro atoms. The average molecular weight is 274 g/mol. The zero-order chi connectivity index (χ0) is 14.3. The Labute approximate surface area is 122 Å². The van der Waals surface area contributed by atoms with Gasteiger partial charge in [-0.3, -0.25) is 15.4 Å². The lowest BCUT2D eigenvalue weighted by Crippen LogP contribution is -1.87. The molecule has 0 unspecified atom stereocenters. The molecule has 4 nitrogen and oxygen atoms in total. The van der Waals surface area contributed by atoms with E-state index in [0.717, 1.165) is 16.7 Å². The number of rotatable bonds is 0. The topological polar surface area (TPSA) is 50.2 Å². The predicted octanol–water partition coefficient (Wildman–Crippen LogP) is 3.74. The number of hydrazone groups is 1. The van der Waals surface area contributed by atoms with Crippen molar-refractivity contribution < 1.29 is 0 Å². The second-order valence-electron chi connectivity index (χ2n) is 4.38. The van der Waals surface area contributed by atoms with Crippen LogP contribution < -0.4 is 5.43 Å². The summed E-state index contributed by atoms with van der Waals surface area (Å²) in [5.74, 6) is 0. The highest BCUT2D eigenvalue weighted by atomic mass is 15.3. The smallest absolute Gasteiger partial charge is 0.0886 e. The molecule has 0 fully saturated rings. The van der Waals surface area contributed by atoms with E-state index in [1.54, 1.807) is 18.6 Å². The normalized spacial score (nSPS) is 11.8. The summed E-state index contributed by atoms with van der Waals surface area (Å²) in [4.78, 5) is 8.24. The minimum atomic E-state index is 0.949. The maximum absolute atomic E-state index is 4.12. The van der Waals surface area contributed by atoms with Gasteiger partial charge in [0.2, 0.25) is 0 Å². The summed E-state index contributed by atoms with van der Waals surface area (Å²) in [6.45, 7) is 0. The van der Waals surface area contributed by atoms with Crippen molar-refractivity contribution in [3.8, 4) is 0 Å². The Morgan fingerprint density at radius 2 is 1.43 bits per heavy atom. The molecule has 1 N–H and O–H groups in total. The van der Waals surface area contributed by atoms with Crippen LogP contribution in [0.1, 0.15) is 5.56 Å². The molecule has 1 aliphatic heterocycles. The quantitative estimate of drug-likeness (QED) is 0.679. The summed E-state index contributed by atoms with van der Waals surface area (Å²) in [7, 11) is 0. The van der Waals surface area contributed by atoms with Crippen LogP contribution in [0.25, 0.3) is 17.1 Å². The molecule has 4 rings (SSSR count). The van der Waals surface area contributed by atoms with E-state index in [1.807, 2.05) is 60.7 Å². The molecule has 0 saturated carbocycles. The molecule has 2 heterocycles. The number of benzene rings is 2. The van der Waals surface area contributed by atoms with Gasteiger partial charge in [0.05, 0.1) is 16.7 Å². The van der Waals surface area contributed by atoms with Crippen molar-refractivity contribution in [1.29, 1.82) is 0 Å². The van der Waals surface area contributed by atoms with Crippen LogP contribution in [0, 0.1) is 0 Å². The Hall–Kier alpha value is -3.01. The molecule has 2 aromatic carbocycles. The van der Waals surface area contributed by atoms with E-state index in [9.17, 15) is 0 Å². The summed E-state index contributed by atoms with van der Waals surface area (Å²) in [5, 5.41) is 3.95. The van der Waals surface area contributed by atoms with Gasteiger partial charge >= 0.3 is 0 Å². The monoisotopic (exact) mass is 274 g/mol. The van der Waals surface area contributed by atoms with Crippen molar-refractivity contribution in [3.05, 3.63) is 72.6 Å². The Bertz CT molecular complexity index is 728. The number of para-hydroxylation sites is 3. The van der Waals surface area contributed by atoms with Gasteiger partial charge in [0, 0.05) is 18.6 Å². The minimum absolute atomic E-state index is 0.949. The Balaban J connectivity index is 0.000000126. The van der Waals surface area contributed by atoms with E-state index in [1.165, 1.54) is 5.56 Å². The standard InChI is InChI=1S/C9H8N2.C8H6N2/c1-2-6-9-8(4-1)5-3-7-10-11-9;1-2-4-8-7(3-1)9-5-6-10-8/h1-7,11H;1-6H. The van der Waals surface area contributed by atoms with E-state index in [4.69, 9.17) is 0 Å². The van der Waals surface area contributed by atoms with Crippen molar-refractivity contribution in [1.82, 2.24) is 9.97 Å². The fourth-order valence-corrected chi connectivity index (χ4v) is 1.95. The fourth-order valence-electron chi connectivity index (χ4n) is 1.95. The maximum atomic E-state index is 4.12. The second kappa shape index (κ2) is 6.43. The molecule has 1 aliphatic rings. The van der Waals surface area contributed by atoms with Gasteiger partial charge in [-0.2, -0.15) is 5.10 Å². The number of anilines is 1. The highest BCUT2D eigenvalue weighted by Gasteiger charge is 1.96. The van der Waals surface area contributed by atoms with Gasteiger partial charge in [-0.05, 0) is 29.8 Å². The van der Waals surface area contributed by atoms with Gasteiger partial charge in [-0.25, -0.2) is 0 Å². The first-order valence-corrected chi connectivity index (χ1v) is 6.64. The molecule has 102 valence electrons. The van der Waals surface area contributed by atoms with Crippen molar-refractivity contribution in [2.75, 3.05) is 5.43 Å². The van der Waals surface area contributed by atoms with Gasteiger partial charge < -0.3 is 0 Å². The van der Waals surface area contributed by atoms with Crippen LogP contribution in [0.5, 0.6) is 0 Å². The molecule has 0 radical (unpaired) electrons. The van der Waals surface area contributed by atoms with E-state index in [-0.39, 0.29) is 0 Å². The predicted molar refractivity (Wildman–Crippen MR) is 87.1 cm³/mol. The second-order valence-corrected chi connectivity index (χ2v) is 4.38. The number of aromatic nitrogens is 2. The first-order chi connectivity index (χ1) is 10.4. The van der Waals surface area contributed by atoms with Gasteiger partial charge in [-0.15, -0.1) is 0 Å². The molecule has 0 aliphatic carbocycles. The van der Waals surface area contributed by atoms with Crippen molar-refractivity contribution in [2.24, 2.45) is 5.10 Å².